The summed E-state index contributed by atoms with van der Waals surface area (Å²) in [5, 5.41) is 0. The molecule has 72 valence electrons. The van der Waals surface area contributed by atoms with Gasteiger partial charge in [-0.3, -0.25) is 0 Å². The average molecular weight is 172 g/mol. The van der Waals surface area contributed by atoms with Gasteiger partial charge in [0.25, 0.3) is 0 Å². The molecular formula is C10H20O2. The summed E-state index contributed by atoms with van der Waals surface area (Å²) >= 11 is 0. The van der Waals surface area contributed by atoms with Crippen LogP contribution in [-0.2, 0) is 9.47 Å². The van der Waals surface area contributed by atoms with Crippen LogP contribution >= 0.6 is 0 Å². The van der Waals surface area contributed by atoms with Crippen molar-refractivity contribution in [2.45, 2.75) is 45.1 Å². The van der Waals surface area contributed by atoms with Crippen molar-refractivity contribution in [3.05, 3.63) is 0 Å². The Bertz CT molecular complexity index is 117. The molecule has 0 N–H and O–H groups in total. The van der Waals surface area contributed by atoms with E-state index in [1.807, 2.05) is 0 Å². The fourth-order valence-electron chi connectivity index (χ4n) is 1.64. The van der Waals surface area contributed by atoms with Crippen LogP contribution in [0, 0.1) is 0 Å². The predicted octanol–water partition coefficient (Wildman–Crippen LogP) is 2.37. The third-order valence-electron chi connectivity index (χ3n) is 2.63. The van der Waals surface area contributed by atoms with Crippen LogP contribution in [-0.4, -0.2) is 25.4 Å². The molecule has 0 radical (unpaired) electrons. The summed E-state index contributed by atoms with van der Waals surface area (Å²) in [6, 6.07) is 0. The number of hydrogen-bond acceptors (Lipinski definition) is 2. The van der Waals surface area contributed by atoms with E-state index in [4.69, 9.17) is 9.47 Å². The molecule has 1 atom stereocenters. The third-order valence-corrected chi connectivity index (χ3v) is 2.63. The molecule has 0 aromatic carbocycles. The van der Waals surface area contributed by atoms with E-state index in [2.05, 4.69) is 13.8 Å². The van der Waals surface area contributed by atoms with Gasteiger partial charge in [-0.2, -0.15) is 0 Å². The lowest BCUT2D eigenvalue weighted by Crippen LogP contribution is -2.42. The Kier molecular flexibility index (Phi) is 4.02. The first-order chi connectivity index (χ1) is 5.83. The molecule has 1 unspecified atom stereocenters. The highest BCUT2D eigenvalue weighted by molar-refractivity contribution is 4.80. The molecule has 0 aliphatic carbocycles. The number of rotatable bonds is 4. The average Bonchev–Trinajstić information content (AvgIpc) is 2.16. The van der Waals surface area contributed by atoms with Crippen LogP contribution in [0.15, 0.2) is 0 Å². The smallest absolute Gasteiger partial charge is 0.0913 e. The van der Waals surface area contributed by atoms with E-state index in [1.54, 1.807) is 0 Å². The summed E-state index contributed by atoms with van der Waals surface area (Å²) in [6.45, 7) is 6.74. The molecule has 1 aliphatic heterocycles. The van der Waals surface area contributed by atoms with E-state index in [-0.39, 0.29) is 5.60 Å². The SMILES string of the molecule is CCCCC1(CC)COCCO1. The van der Waals surface area contributed by atoms with Gasteiger partial charge >= 0.3 is 0 Å². The fraction of sp³-hybridized carbons (Fsp3) is 1.00. The van der Waals surface area contributed by atoms with E-state index < -0.39 is 0 Å². The Morgan fingerprint density at radius 1 is 1.25 bits per heavy atom. The van der Waals surface area contributed by atoms with Gasteiger partial charge in [-0.25, -0.2) is 0 Å². The maximum Gasteiger partial charge on any atom is 0.0913 e. The van der Waals surface area contributed by atoms with Crippen molar-refractivity contribution in [1.29, 1.82) is 0 Å². The van der Waals surface area contributed by atoms with Gasteiger partial charge in [0.1, 0.15) is 0 Å². The van der Waals surface area contributed by atoms with Crippen molar-refractivity contribution in [3.8, 4) is 0 Å². The van der Waals surface area contributed by atoms with Gasteiger partial charge in [0.05, 0.1) is 25.4 Å². The number of ether oxygens (including phenoxy) is 2. The number of hydrogen-bond donors (Lipinski definition) is 0. The van der Waals surface area contributed by atoms with E-state index in [0.29, 0.717) is 0 Å². The molecule has 12 heavy (non-hydrogen) atoms. The largest absolute Gasteiger partial charge is 0.376 e. The van der Waals surface area contributed by atoms with Crippen molar-refractivity contribution in [2.24, 2.45) is 0 Å². The highest BCUT2D eigenvalue weighted by atomic mass is 16.6. The van der Waals surface area contributed by atoms with Crippen molar-refractivity contribution >= 4 is 0 Å². The first-order valence-corrected chi connectivity index (χ1v) is 5.05. The molecular weight excluding hydrogens is 152 g/mol. The first-order valence-electron chi connectivity index (χ1n) is 5.05. The molecule has 0 spiro atoms. The Morgan fingerprint density at radius 2 is 2.08 bits per heavy atom. The zero-order valence-corrected chi connectivity index (χ0v) is 8.27. The molecule has 0 amide bonds. The van der Waals surface area contributed by atoms with Gasteiger partial charge in [0.2, 0.25) is 0 Å². The normalized spacial score (nSPS) is 30.5. The highest BCUT2D eigenvalue weighted by Gasteiger charge is 2.31. The lowest BCUT2D eigenvalue weighted by Gasteiger charge is -2.36. The maximum atomic E-state index is 5.79. The second kappa shape index (κ2) is 4.83. The van der Waals surface area contributed by atoms with Crippen molar-refractivity contribution < 1.29 is 9.47 Å². The van der Waals surface area contributed by atoms with Crippen LogP contribution in [0.1, 0.15) is 39.5 Å². The summed E-state index contributed by atoms with van der Waals surface area (Å²) in [5.41, 5.74) is 0.0499. The summed E-state index contributed by atoms with van der Waals surface area (Å²) in [5.74, 6) is 0. The van der Waals surface area contributed by atoms with Crippen molar-refractivity contribution in [3.63, 3.8) is 0 Å². The molecule has 1 aliphatic rings. The van der Waals surface area contributed by atoms with Crippen LogP contribution in [0.25, 0.3) is 0 Å². The molecule has 0 saturated carbocycles. The molecule has 1 fully saturated rings. The van der Waals surface area contributed by atoms with Gasteiger partial charge in [0.15, 0.2) is 0 Å². The minimum atomic E-state index is 0.0499. The minimum absolute atomic E-state index is 0.0499. The predicted molar refractivity (Wildman–Crippen MR) is 49.3 cm³/mol. The lowest BCUT2D eigenvalue weighted by molar-refractivity contribution is -0.162. The molecule has 1 saturated heterocycles. The molecule has 1 heterocycles. The van der Waals surface area contributed by atoms with E-state index >= 15 is 0 Å². The van der Waals surface area contributed by atoms with Gasteiger partial charge in [0, 0.05) is 0 Å². The van der Waals surface area contributed by atoms with Gasteiger partial charge in [-0.15, -0.1) is 0 Å². The fourth-order valence-corrected chi connectivity index (χ4v) is 1.64. The Labute approximate surface area is 75.2 Å². The Balaban J connectivity index is 2.37. The molecule has 2 heteroatoms. The maximum absolute atomic E-state index is 5.79. The quantitative estimate of drug-likeness (QED) is 0.648. The summed E-state index contributed by atoms with van der Waals surface area (Å²) in [4.78, 5) is 0. The number of unbranched alkanes of at least 4 members (excludes halogenated alkanes) is 1. The molecule has 0 bridgehead atoms. The zero-order chi connectivity index (χ0) is 8.86. The lowest BCUT2D eigenvalue weighted by atomic mass is 9.94. The van der Waals surface area contributed by atoms with Crippen LogP contribution in [0.5, 0.6) is 0 Å². The molecule has 0 aromatic rings. The van der Waals surface area contributed by atoms with Crippen molar-refractivity contribution in [2.75, 3.05) is 19.8 Å². The summed E-state index contributed by atoms with van der Waals surface area (Å²) in [6.07, 6.45) is 4.72. The first kappa shape index (κ1) is 10.0. The van der Waals surface area contributed by atoms with Gasteiger partial charge in [-0.1, -0.05) is 26.7 Å². The van der Waals surface area contributed by atoms with Crippen LogP contribution in [0.3, 0.4) is 0 Å². The Morgan fingerprint density at radius 3 is 2.58 bits per heavy atom. The summed E-state index contributed by atoms with van der Waals surface area (Å²) in [7, 11) is 0. The molecule has 0 aromatic heterocycles. The summed E-state index contributed by atoms with van der Waals surface area (Å²) < 4.78 is 11.2. The Hall–Kier alpha value is -0.0800. The second-order valence-electron chi connectivity index (χ2n) is 3.54. The van der Waals surface area contributed by atoms with Crippen LogP contribution in [0.2, 0.25) is 0 Å². The van der Waals surface area contributed by atoms with Crippen LogP contribution in [0.4, 0.5) is 0 Å². The highest BCUT2D eigenvalue weighted by Crippen LogP contribution is 2.26. The van der Waals surface area contributed by atoms with Gasteiger partial charge in [-0.05, 0) is 12.8 Å². The van der Waals surface area contributed by atoms with E-state index in [9.17, 15) is 0 Å². The topological polar surface area (TPSA) is 18.5 Å². The van der Waals surface area contributed by atoms with Crippen molar-refractivity contribution in [1.82, 2.24) is 0 Å². The molecule has 1 rings (SSSR count). The van der Waals surface area contributed by atoms with E-state index in [0.717, 1.165) is 32.7 Å². The third kappa shape index (κ3) is 2.46. The van der Waals surface area contributed by atoms with Crippen LogP contribution < -0.4 is 0 Å². The standard InChI is InChI=1S/C10H20O2/c1-3-5-6-10(4-2)9-11-7-8-12-10/h3-9H2,1-2H3. The zero-order valence-electron chi connectivity index (χ0n) is 8.27. The van der Waals surface area contributed by atoms with Gasteiger partial charge < -0.3 is 9.47 Å². The second-order valence-corrected chi connectivity index (χ2v) is 3.54. The van der Waals surface area contributed by atoms with E-state index in [1.165, 1.54) is 12.8 Å². The molecule has 2 nitrogen and oxygen atoms in total. The monoisotopic (exact) mass is 172 g/mol. The minimum Gasteiger partial charge on any atom is -0.376 e.